The van der Waals surface area contributed by atoms with E-state index in [1.54, 1.807) is 6.08 Å². The van der Waals surface area contributed by atoms with Crippen LogP contribution in [-0.2, 0) is 6.54 Å². The minimum atomic E-state index is 0.449. The Bertz CT molecular complexity index is 389. The molecule has 0 amide bonds. The highest BCUT2D eigenvalue weighted by Crippen LogP contribution is 2.30. The first kappa shape index (κ1) is 9.95. The van der Waals surface area contributed by atoms with Crippen LogP contribution in [0.15, 0.2) is 42.5 Å². The van der Waals surface area contributed by atoms with E-state index in [2.05, 4.69) is 36.1 Å². The van der Waals surface area contributed by atoms with E-state index < -0.39 is 0 Å². The lowest BCUT2D eigenvalue weighted by molar-refractivity contribution is 0.497. The van der Waals surface area contributed by atoms with E-state index in [-0.39, 0.29) is 0 Å². The smallest absolute Gasteiger partial charge is 0.0909 e. The summed E-state index contributed by atoms with van der Waals surface area (Å²) in [6.45, 7) is 3.16. The SMILES string of the molecule is C[C@@H]1[C@H](/C=C/C#N)N1Cc1ccccc1. The average Bonchev–Trinajstić information content (AvgIpc) is 2.87. The van der Waals surface area contributed by atoms with Crippen molar-refractivity contribution in [1.29, 1.82) is 5.26 Å². The molecule has 0 aliphatic carbocycles. The summed E-state index contributed by atoms with van der Waals surface area (Å²) in [5.74, 6) is 0. The minimum absolute atomic E-state index is 0.449. The van der Waals surface area contributed by atoms with Gasteiger partial charge in [-0.2, -0.15) is 5.26 Å². The van der Waals surface area contributed by atoms with E-state index in [4.69, 9.17) is 5.26 Å². The van der Waals surface area contributed by atoms with E-state index in [9.17, 15) is 0 Å². The van der Waals surface area contributed by atoms with Crippen LogP contribution in [0.1, 0.15) is 12.5 Å². The fraction of sp³-hybridized carbons (Fsp3) is 0.308. The number of nitrogens with zero attached hydrogens (tertiary/aromatic N) is 2. The molecule has 1 aromatic rings. The fourth-order valence-electron chi connectivity index (χ4n) is 1.89. The molecule has 1 unspecified atom stereocenters. The number of hydrogen-bond donors (Lipinski definition) is 0. The first-order valence-electron chi connectivity index (χ1n) is 5.19. The Morgan fingerprint density at radius 3 is 2.80 bits per heavy atom. The zero-order valence-corrected chi connectivity index (χ0v) is 8.80. The van der Waals surface area contributed by atoms with Gasteiger partial charge in [0.25, 0.3) is 0 Å². The van der Waals surface area contributed by atoms with Crippen molar-refractivity contribution in [3.8, 4) is 6.07 Å². The molecule has 1 heterocycles. The molecule has 1 aliphatic heterocycles. The largest absolute Gasteiger partial charge is 0.287 e. The van der Waals surface area contributed by atoms with Crippen molar-refractivity contribution in [3.05, 3.63) is 48.0 Å². The van der Waals surface area contributed by atoms with Gasteiger partial charge in [-0.15, -0.1) is 0 Å². The van der Waals surface area contributed by atoms with Gasteiger partial charge in [0, 0.05) is 24.7 Å². The van der Waals surface area contributed by atoms with E-state index >= 15 is 0 Å². The molecule has 3 atom stereocenters. The lowest BCUT2D eigenvalue weighted by Gasteiger charge is -2.01. The Kier molecular flexibility index (Phi) is 2.84. The second kappa shape index (κ2) is 4.29. The Morgan fingerprint density at radius 1 is 1.40 bits per heavy atom. The zero-order chi connectivity index (χ0) is 10.7. The topological polar surface area (TPSA) is 26.8 Å². The molecule has 0 aromatic heterocycles. The van der Waals surface area contributed by atoms with Gasteiger partial charge in [0.1, 0.15) is 0 Å². The number of allylic oxidation sites excluding steroid dienone is 1. The second-order valence-electron chi connectivity index (χ2n) is 3.88. The molecule has 2 heteroatoms. The van der Waals surface area contributed by atoms with Crippen LogP contribution in [0.5, 0.6) is 0 Å². The maximum Gasteiger partial charge on any atom is 0.0909 e. The lowest BCUT2D eigenvalue weighted by atomic mass is 10.2. The predicted octanol–water partition coefficient (Wildman–Crippen LogP) is 2.34. The summed E-state index contributed by atoms with van der Waals surface area (Å²) in [5, 5.41) is 8.45. The summed E-state index contributed by atoms with van der Waals surface area (Å²) >= 11 is 0. The predicted molar refractivity (Wildman–Crippen MR) is 60.0 cm³/mol. The van der Waals surface area contributed by atoms with Crippen molar-refractivity contribution >= 4 is 0 Å². The molecule has 1 aromatic carbocycles. The monoisotopic (exact) mass is 198 g/mol. The van der Waals surface area contributed by atoms with Gasteiger partial charge in [-0.05, 0) is 12.5 Å². The standard InChI is InChI=1S/C13H14N2/c1-11-13(8-5-9-14)15(11)10-12-6-3-2-4-7-12/h2-8,11,13H,10H2,1H3/b8-5+/t11-,13+,15?/m1/s1. The quantitative estimate of drug-likeness (QED) is 0.550. The number of benzene rings is 1. The van der Waals surface area contributed by atoms with Gasteiger partial charge < -0.3 is 0 Å². The first-order chi connectivity index (χ1) is 7.33. The lowest BCUT2D eigenvalue weighted by Crippen LogP contribution is -2.01. The van der Waals surface area contributed by atoms with Gasteiger partial charge in [-0.3, -0.25) is 4.90 Å². The molecule has 2 nitrogen and oxygen atoms in total. The zero-order valence-electron chi connectivity index (χ0n) is 8.80. The first-order valence-corrected chi connectivity index (χ1v) is 5.19. The summed E-state index contributed by atoms with van der Waals surface area (Å²) in [7, 11) is 0. The van der Waals surface area contributed by atoms with E-state index in [1.165, 1.54) is 5.56 Å². The van der Waals surface area contributed by atoms with Crippen LogP contribution in [0.3, 0.4) is 0 Å². The number of nitriles is 1. The van der Waals surface area contributed by atoms with Gasteiger partial charge in [-0.25, -0.2) is 0 Å². The third kappa shape index (κ3) is 2.26. The Hall–Kier alpha value is -1.59. The van der Waals surface area contributed by atoms with Crippen molar-refractivity contribution in [2.45, 2.75) is 25.6 Å². The molecule has 0 spiro atoms. The number of hydrogen-bond acceptors (Lipinski definition) is 2. The molecule has 15 heavy (non-hydrogen) atoms. The van der Waals surface area contributed by atoms with E-state index in [1.807, 2.05) is 18.2 Å². The van der Waals surface area contributed by atoms with Crippen LogP contribution < -0.4 is 0 Å². The van der Waals surface area contributed by atoms with Gasteiger partial charge >= 0.3 is 0 Å². The molecule has 1 aliphatic rings. The third-order valence-electron chi connectivity index (χ3n) is 2.89. The van der Waals surface area contributed by atoms with Crippen LogP contribution in [0.2, 0.25) is 0 Å². The minimum Gasteiger partial charge on any atom is -0.287 e. The molecule has 2 rings (SSSR count). The molecular weight excluding hydrogens is 184 g/mol. The van der Waals surface area contributed by atoms with Crippen LogP contribution in [0, 0.1) is 11.3 Å². The summed E-state index contributed by atoms with van der Waals surface area (Å²) in [4.78, 5) is 2.36. The summed E-state index contributed by atoms with van der Waals surface area (Å²) in [5.41, 5.74) is 1.33. The van der Waals surface area contributed by atoms with Crippen LogP contribution in [0.25, 0.3) is 0 Å². The van der Waals surface area contributed by atoms with Crippen LogP contribution in [0.4, 0.5) is 0 Å². The Morgan fingerprint density at radius 2 is 2.13 bits per heavy atom. The van der Waals surface area contributed by atoms with Crippen molar-refractivity contribution in [3.63, 3.8) is 0 Å². The van der Waals surface area contributed by atoms with Crippen molar-refractivity contribution in [2.75, 3.05) is 0 Å². The molecule has 0 radical (unpaired) electrons. The van der Waals surface area contributed by atoms with Crippen molar-refractivity contribution in [1.82, 2.24) is 4.90 Å². The second-order valence-corrected chi connectivity index (χ2v) is 3.88. The fourth-order valence-corrected chi connectivity index (χ4v) is 1.89. The van der Waals surface area contributed by atoms with Gasteiger partial charge in [-0.1, -0.05) is 36.4 Å². The summed E-state index contributed by atoms with van der Waals surface area (Å²) in [6.07, 6.45) is 3.56. The van der Waals surface area contributed by atoms with Crippen molar-refractivity contribution in [2.24, 2.45) is 0 Å². The third-order valence-corrected chi connectivity index (χ3v) is 2.89. The van der Waals surface area contributed by atoms with Crippen molar-refractivity contribution < 1.29 is 0 Å². The van der Waals surface area contributed by atoms with Crippen LogP contribution >= 0.6 is 0 Å². The molecule has 0 N–H and O–H groups in total. The maximum absolute atomic E-state index is 8.45. The average molecular weight is 198 g/mol. The molecule has 1 saturated heterocycles. The molecule has 0 saturated carbocycles. The maximum atomic E-state index is 8.45. The molecule has 76 valence electrons. The Balaban J connectivity index is 1.94. The van der Waals surface area contributed by atoms with Gasteiger partial charge in [0.15, 0.2) is 0 Å². The van der Waals surface area contributed by atoms with E-state index in [0.29, 0.717) is 12.1 Å². The summed E-state index contributed by atoms with van der Waals surface area (Å²) < 4.78 is 0. The number of rotatable bonds is 3. The van der Waals surface area contributed by atoms with Gasteiger partial charge in [0.2, 0.25) is 0 Å². The highest BCUT2D eigenvalue weighted by Gasteiger charge is 2.41. The normalized spacial score (nSPS) is 28.9. The van der Waals surface area contributed by atoms with E-state index in [0.717, 1.165) is 6.54 Å². The highest BCUT2D eigenvalue weighted by atomic mass is 15.3. The molecular formula is C13H14N2. The van der Waals surface area contributed by atoms with Gasteiger partial charge in [0.05, 0.1) is 6.07 Å². The molecule has 0 bridgehead atoms. The summed E-state index contributed by atoms with van der Waals surface area (Å²) in [6, 6.07) is 13.5. The Labute approximate surface area is 90.4 Å². The highest BCUT2D eigenvalue weighted by molar-refractivity contribution is 5.21. The van der Waals surface area contributed by atoms with Crippen LogP contribution in [-0.4, -0.2) is 17.0 Å². The molecule has 1 fully saturated rings.